The Kier molecular flexibility index (Phi) is 84.5. The van der Waals surface area contributed by atoms with Gasteiger partial charge in [0.15, 0.2) is 0 Å². The number of carbonyl (C=O) groups excluding carboxylic acids is 1. The molecule has 1 radical (unpaired) electrons. The summed E-state index contributed by atoms with van der Waals surface area (Å²) in [6, 6.07) is 0. The monoisotopic (exact) mass is 541 g/mol. The quantitative estimate of drug-likeness (QED) is 0.229. The number of hydrogen-bond donors (Lipinski definition) is 0. The maximum absolute atomic E-state index is 7.75. The van der Waals surface area contributed by atoms with Crippen LogP contribution in [0.2, 0.25) is 0 Å². The molecule has 0 aromatic rings. The minimum atomic E-state index is 0. The van der Waals surface area contributed by atoms with Gasteiger partial charge in [-0.05, 0) is 0 Å². The molecule has 0 heterocycles. The van der Waals surface area contributed by atoms with Crippen molar-refractivity contribution in [1.29, 1.82) is 0 Å². The standard InChI is InChI=1S/C12H24N2.CHO.4CO.2Ru/c1-11(2,3)9-13-7-8-14-10-12(4,5)6;5*1-2;;/h7-8H,9-10H2,1-6H3;1H;;;;;;/q-2;-1;;;;;;+3/b8-7-;;;;;;;. The zero-order valence-electron chi connectivity index (χ0n) is 15.8. The Bertz CT molecular complexity index is 297. The molecule has 0 saturated carbocycles. The van der Waals surface area contributed by atoms with Gasteiger partial charge in [0.05, 0.1) is 0 Å². The summed E-state index contributed by atoms with van der Waals surface area (Å²) in [5, 5.41) is 8.58. The smallest absolute Gasteiger partial charge is 0.545 e. The second-order valence-electron chi connectivity index (χ2n) is 6.10. The van der Waals surface area contributed by atoms with Crippen molar-refractivity contribution in [2.45, 2.75) is 41.5 Å². The topological polar surface area (TPSA) is 125 Å². The van der Waals surface area contributed by atoms with E-state index in [1.54, 1.807) is 12.4 Å². The van der Waals surface area contributed by atoms with Gasteiger partial charge < -0.3 is 15.4 Å². The summed E-state index contributed by atoms with van der Waals surface area (Å²) in [7, 11) is 0. The van der Waals surface area contributed by atoms with Crippen molar-refractivity contribution < 1.29 is 62.4 Å². The van der Waals surface area contributed by atoms with E-state index in [4.69, 9.17) is 23.4 Å². The molecular formula is C17H25N2O5Ru2. The first-order valence-corrected chi connectivity index (χ1v) is 6.24. The van der Waals surface area contributed by atoms with Gasteiger partial charge in [0.1, 0.15) is 0 Å². The molecule has 0 aromatic carbocycles. The number of nitrogens with zero attached hydrogens (tertiary/aromatic N) is 2. The Labute approximate surface area is 183 Å². The predicted molar refractivity (Wildman–Crippen MR) is 87.0 cm³/mol. The van der Waals surface area contributed by atoms with Crippen molar-refractivity contribution in [3.63, 3.8) is 0 Å². The Morgan fingerprint density at radius 1 is 0.692 bits per heavy atom. The van der Waals surface area contributed by atoms with E-state index in [1.807, 2.05) is 0 Å². The molecule has 0 rings (SSSR count). The van der Waals surface area contributed by atoms with E-state index in [9.17, 15) is 0 Å². The van der Waals surface area contributed by atoms with Crippen LogP contribution in [0.3, 0.4) is 0 Å². The van der Waals surface area contributed by atoms with Crippen LogP contribution in [0.4, 0.5) is 0 Å². The summed E-state index contributed by atoms with van der Waals surface area (Å²) in [5.41, 5.74) is 0.544. The normalized spacial score (nSPS) is 7.62. The molecule has 0 N–H and O–H groups in total. The van der Waals surface area contributed by atoms with E-state index < -0.39 is 0 Å². The maximum Gasteiger partial charge on any atom is 3.00 e. The molecule has 26 heavy (non-hydrogen) atoms. The second kappa shape index (κ2) is 44.0. The van der Waals surface area contributed by atoms with Crippen molar-refractivity contribution in [2.75, 3.05) is 13.1 Å². The van der Waals surface area contributed by atoms with Crippen LogP contribution in [0, 0.1) is 37.4 Å². The van der Waals surface area contributed by atoms with E-state index in [0.717, 1.165) is 13.1 Å². The molecule has 0 atom stereocenters. The minimum Gasteiger partial charge on any atom is -0.545 e. The van der Waals surface area contributed by atoms with E-state index in [-0.39, 0.29) is 49.8 Å². The van der Waals surface area contributed by atoms with Crippen molar-refractivity contribution in [3.05, 3.63) is 49.6 Å². The molecule has 0 saturated heterocycles. The fourth-order valence-electron chi connectivity index (χ4n) is 0.747. The molecule has 0 fully saturated rings. The summed E-state index contributed by atoms with van der Waals surface area (Å²) < 4.78 is 30.0. The van der Waals surface area contributed by atoms with Crippen molar-refractivity contribution in [3.8, 4) is 0 Å². The Balaban J connectivity index is -0.0000000387. The van der Waals surface area contributed by atoms with Crippen LogP contribution < -0.4 is 0 Å². The van der Waals surface area contributed by atoms with Crippen LogP contribution in [0.1, 0.15) is 41.5 Å². The average Bonchev–Trinajstić information content (AvgIpc) is 2.58. The summed E-state index contributed by atoms with van der Waals surface area (Å²) in [6.07, 6.45) is 3.61. The molecule has 0 unspecified atom stereocenters. The summed E-state index contributed by atoms with van der Waals surface area (Å²) in [4.78, 5) is 7.75. The van der Waals surface area contributed by atoms with Crippen molar-refractivity contribution in [1.82, 2.24) is 0 Å². The first-order chi connectivity index (χ1) is 11.2. The molecule has 0 bridgehead atoms. The van der Waals surface area contributed by atoms with Gasteiger partial charge >= 0.3 is 64.7 Å². The van der Waals surface area contributed by atoms with Gasteiger partial charge in [0.2, 0.25) is 0 Å². The predicted octanol–water partition coefficient (Wildman–Crippen LogP) is 3.87. The molecule has 0 aliphatic heterocycles. The van der Waals surface area contributed by atoms with Gasteiger partial charge in [-0.15, -0.1) is 13.1 Å². The molecule has 0 aliphatic carbocycles. The summed E-state index contributed by atoms with van der Waals surface area (Å²) >= 11 is 0. The Hall–Kier alpha value is -0.783. The third-order valence-electron chi connectivity index (χ3n) is 1.41. The van der Waals surface area contributed by atoms with E-state index in [2.05, 4.69) is 85.6 Å². The largest absolute Gasteiger partial charge is 3.00 e. The maximum atomic E-state index is 7.75. The van der Waals surface area contributed by atoms with Gasteiger partial charge in [-0.25, -0.2) is 12.4 Å². The van der Waals surface area contributed by atoms with Gasteiger partial charge in [-0.1, -0.05) is 52.4 Å². The van der Waals surface area contributed by atoms with Crippen molar-refractivity contribution in [2.24, 2.45) is 10.8 Å². The number of hydrogen-bond acceptors (Lipinski definition) is 1. The molecular weight excluding hydrogens is 514 g/mol. The average molecular weight is 540 g/mol. The van der Waals surface area contributed by atoms with E-state index in [0.29, 0.717) is 0 Å². The molecule has 149 valence electrons. The molecule has 9 heteroatoms. The fraction of sp³-hybridized carbons (Fsp3) is 0.588. The van der Waals surface area contributed by atoms with Crippen LogP contribution >= 0.6 is 0 Å². The van der Waals surface area contributed by atoms with Gasteiger partial charge in [0, 0.05) is 19.5 Å². The SMILES string of the molecule is CC(C)(C)C[N-]/C=C\[N-]CC(C)(C)C.[C-]#[O+].[C-]#[O+].[C-]#[O+].[C-]#[O+].[CH-]=O.[Ru+3].[Ru]. The number of rotatable bonds is 4. The van der Waals surface area contributed by atoms with Gasteiger partial charge in [-0.2, -0.15) is 0 Å². The van der Waals surface area contributed by atoms with Gasteiger partial charge in [-0.3, -0.25) is 6.79 Å². The van der Waals surface area contributed by atoms with Crippen molar-refractivity contribution >= 4 is 6.79 Å². The summed E-state index contributed by atoms with van der Waals surface area (Å²) in [6.45, 7) is 36.0. The third kappa shape index (κ3) is 110. The molecule has 7 nitrogen and oxygen atoms in total. The fourth-order valence-corrected chi connectivity index (χ4v) is 0.747. The van der Waals surface area contributed by atoms with Crippen LogP contribution in [-0.2, 0) is 62.4 Å². The first-order valence-electron chi connectivity index (χ1n) is 6.24. The van der Waals surface area contributed by atoms with Crippen LogP contribution in [-0.4, -0.2) is 19.9 Å². The zero-order chi connectivity index (χ0) is 21.2. The third-order valence-corrected chi connectivity index (χ3v) is 1.41. The second-order valence-corrected chi connectivity index (χ2v) is 6.10. The zero-order valence-corrected chi connectivity index (χ0v) is 19.3. The Morgan fingerprint density at radius 3 is 0.962 bits per heavy atom. The minimum absolute atomic E-state index is 0. The van der Waals surface area contributed by atoms with E-state index in [1.165, 1.54) is 0 Å². The molecule has 0 amide bonds. The molecule has 0 aromatic heterocycles. The molecule has 0 spiro atoms. The van der Waals surface area contributed by atoms with Crippen LogP contribution in [0.25, 0.3) is 10.6 Å². The summed E-state index contributed by atoms with van der Waals surface area (Å²) in [5.74, 6) is 0. The van der Waals surface area contributed by atoms with E-state index >= 15 is 0 Å². The first kappa shape index (κ1) is 49.9. The molecule has 0 aliphatic rings. The van der Waals surface area contributed by atoms with Crippen LogP contribution in [0.15, 0.2) is 12.4 Å². The van der Waals surface area contributed by atoms with Crippen LogP contribution in [0.5, 0.6) is 0 Å². The van der Waals surface area contributed by atoms with Gasteiger partial charge in [0.25, 0.3) is 0 Å². The Morgan fingerprint density at radius 2 is 0.846 bits per heavy atom.